The fraction of sp³-hybridized carbons (Fsp3) is 0.360. The third-order valence-corrected chi connectivity index (χ3v) is 9.53. The third kappa shape index (κ3) is 6.54. The van der Waals surface area contributed by atoms with Crippen LogP contribution in [-0.2, 0) is 0 Å². The highest BCUT2D eigenvalue weighted by Crippen LogP contribution is 2.59. The monoisotopic (exact) mass is 538 g/mol. The van der Waals surface area contributed by atoms with Gasteiger partial charge in [-0.15, -0.1) is 11.8 Å². The van der Waals surface area contributed by atoms with Crippen molar-refractivity contribution in [3.05, 3.63) is 31.9 Å². The Morgan fingerprint density at radius 3 is 1.71 bits per heavy atom. The molecule has 1 aliphatic heterocycles. The second-order valence-electron chi connectivity index (χ2n) is 7.29. The van der Waals surface area contributed by atoms with Crippen LogP contribution in [0.1, 0.15) is 73.1 Å². The van der Waals surface area contributed by atoms with Crippen LogP contribution in [0.2, 0.25) is 0 Å². The number of ketones is 2. The quantitative estimate of drug-likeness (QED) is 0.157. The first-order chi connectivity index (χ1) is 16.9. The van der Waals surface area contributed by atoms with Crippen LogP contribution in [-0.4, -0.2) is 17.8 Å². The number of Topliss-reactive ketones (excluding diaryl/α,β-unsaturated/α-hetero) is 2. The highest BCUT2D eigenvalue weighted by Gasteiger charge is 2.35. The average Bonchev–Trinajstić information content (AvgIpc) is 3.30. The van der Waals surface area contributed by atoms with Gasteiger partial charge in [0.1, 0.15) is 35.4 Å². The van der Waals surface area contributed by atoms with Gasteiger partial charge in [0.15, 0.2) is 11.6 Å². The lowest BCUT2D eigenvalue weighted by molar-refractivity contribution is 0.0957. The van der Waals surface area contributed by atoms with Crippen molar-refractivity contribution in [3.63, 3.8) is 0 Å². The van der Waals surface area contributed by atoms with Crippen molar-refractivity contribution in [2.75, 3.05) is 6.26 Å². The van der Waals surface area contributed by atoms with E-state index in [2.05, 4.69) is 0 Å². The molecular formula is C25H22N4O2S4. The minimum Gasteiger partial charge on any atom is -0.294 e. The lowest BCUT2D eigenvalue weighted by Crippen LogP contribution is -2.11. The number of benzene rings is 1. The summed E-state index contributed by atoms with van der Waals surface area (Å²) in [4.78, 5) is 29.2. The zero-order valence-corrected chi connectivity index (χ0v) is 22.8. The highest BCUT2D eigenvalue weighted by molar-refractivity contribution is 8.24. The molecule has 0 radical (unpaired) electrons. The van der Waals surface area contributed by atoms with Crippen LogP contribution in [0.15, 0.2) is 40.4 Å². The first kappa shape index (κ1) is 28.6. The Morgan fingerprint density at radius 1 is 0.829 bits per heavy atom. The number of carbonyl (C=O) groups is 2. The summed E-state index contributed by atoms with van der Waals surface area (Å²) in [5.41, 5.74) is 0.726. The van der Waals surface area contributed by atoms with Crippen LogP contribution in [0.4, 0.5) is 0 Å². The summed E-state index contributed by atoms with van der Waals surface area (Å²) in [6.45, 7) is 3.99. The molecule has 0 spiro atoms. The van der Waals surface area contributed by atoms with Gasteiger partial charge < -0.3 is 0 Å². The predicted molar refractivity (Wildman–Crippen MR) is 141 cm³/mol. The summed E-state index contributed by atoms with van der Waals surface area (Å²) in [5.74, 6) is -0.182. The molecule has 0 bridgehead atoms. The molecule has 0 saturated heterocycles. The molecule has 0 saturated carbocycles. The van der Waals surface area contributed by atoms with Crippen molar-refractivity contribution in [2.24, 2.45) is 0 Å². The van der Waals surface area contributed by atoms with Crippen molar-refractivity contribution >= 4 is 58.6 Å². The highest BCUT2D eigenvalue weighted by atomic mass is 32.2. The van der Waals surface area contributed by atoms with E-state index >= 15 is 0 Å². The number of allylic oxidation sites excluding steroid dienone is 2. The Morgan fingerprint density at radius 2 is 1.31 bits per heavy atom. The molecule has 0 atom stereocenters. The smallest absolute Gasteiger partial charge is 0.165 e. The molecular weight excluding hydrogens is 517 g/mol. The van der Waals surface area contributed by atoms with Gasteiger partial charge >= 0.3 is 0 Å². The Kier molecular flexibility index (Phi) is 11.5. The molecule has 2 rings (SSSR count). The van der Waals surface area contributed by atoms with E-state index in [9.17, 15) is 30.6 Å². The molecule has 0 fully saturated rings. The molecule has 0 N–H and O–H groups in total. The molecule has 0 amide bonds. The fourth-order valence-corrected chi connectivity index (χ4v) is 8.03. The van der Waals surface area contributed by atoms with Gasteiger partial charge in [0.2, 0.25) is 0 Å². The number of fused-ring (bicyclic) bond motifs is 1. The molecule has 0 aliphatic carbocycles. The van der Waals surface area contributed by atoms with Crippen LogP contribution >= 0.6 is 47.0 Å². The van der Waals surface area contributed by atoms with Gasteiger partial charge in [0, 0.05) is 49.0 Å². The number of carbonyl (C=O) groups excluding carboxylic acids is 2. The van der Waals surface area contributed by atoms with Gasteiger partial charge in [-0.3, -0.25) is 9.59 Å². The number of hydrogen-bond donors (Lipinski definition) is 0. The van der Waals surface area contributed by atoms with E-state index in [1.54, 1.807) is 0 Å². The molecule has 1 aromatic carbocycles. The van der Waals surface area contributed by atoms with Gasteiger partial charge in [-0.05, 0) is 19.1 Å². The molecule has 10 heteroatoms. The second-order valence-corrected chi connectivity index (χ2v) is 11.3. The minimum atomic E-state index is -0.109. The molecule has 0 unspecified atom stereocenters. The molecule has 0 aromatic heterocycles. The molecule has 35 heavy (non-hydrogen) atoms. The Balaban J connectivity index is 2.95. The first-order valence-corrected chi connectivity index (χ1v) is 14.6. The van der Waals surface area contributed by atoms with E-state index < -0.39 is 0 Å². The number of rotatable bonds is 11. The molecule has 6 nitrogen and oxygen atoms in total. The van der Waals surface area contributed by atoms with Crippen LogP contribution in [0, 0.1) is 45.3 Å². The number of unbranched alkanes of at least 4 members (excludes halogenated alkanes) is 2. The van der Waals surface area contributed by atoms with Crippen LogP contribution in [0.25, 0.3) is 0 Å². The van der Waals surface area contributed by atoms with Crippen molar-refractivity contribution in [3.8, 4) is 24.3 Å². The molecule has 1 heterocycles. The van der Waals surface area contributed by atoms with Crippen molar-refractivity contribution < 1.29 is 9.59 Å². The summed E-state index contributed by atoms with van der Waals surface area (Å²) >= 11 is 4.78. The van der Waals surface area contributed by atoms with Crippen LogP contribution in [0.5, 0.6) is 0 Å². The van der Waals surface area contributed by atoms with Gasteiger partial charge in [0.25, 0.3) is 0 Å². The van der Waals surface area contributed by atoms with E-state index in [1.807, 2.05) is 44.4 Å². The third-order valence-electron chi connectivity index (χ3n) is 4.95. The maximum atomic E-state index is 13.5. The maximum absolute atomic E-state index is 13.5. The lowest BCUT2D eigenvalue weighted by Gasteiger charge is -2.19. The largest absolute Gasteiger partial charge is 0.294 e. The molecule has 1 aromatic rings. The SMILES string of the molecule is CCCCC(=O)c1c(SC)c(SC=C(C#N)C#N)c(C(=O)CCCC)c2c1SC(=C(C#N)C#N)S2. The van der Waals surface area contributed by atoms with E-state index in [0.29, 0.717) is 60.6 Å². The predicted octanol–water partition coefficient (Wildman–Crippen LogP) is 7.63. The van der Waals surface area contributed by atoms with E-state index in [1.165, 1.54) is 40.7 Å². The normalized spacial score (nSPS) is 11.5. The topological polar surface area (TPSA) is 129 Å². The second kappa shape index (κ2) is 14.1. The summed E-state index contributed by atoms with van der Waals surface area (Å²) < 4.78 is 0.443. The van der Waals surface area contributed by atoms with Crippen molar-refractivity contribution in [1.29, 1.82) is 21.0 Å². The minimum absolute atomic E-state index is 0.0637. The average molecular weight is 539 g/mol. The summed E-state index contributed by atoms with van der Waals surface area (Å²) in [7, 11) is 0. The maximum Gasteiger partial charge on any atom is 0.165 e. The van der Waals surface area contributed by atoms with E-state index in [0.717, 1.165) is 24.6 Å². The van der Waals surface area contributed by atoms with E-state index in [-0.39, 0.29) is 22.7 Å². The molecule has 178 valence electrons. The van der Waals surface area contributed by atoms with Crippen molar-refractivity contribution in [1.82, 2.24) is 0 Å². The first-order valence-electron chi connectivity index (χ1n) is 10.8. The number of thioether (sulfide) groups is 4. The number of nitrogens with zero attached hydrogens (tertiary/aromatic N) is 4. The Labute approximate surface area is 222 Å². The van der Waals surface area contributed by atoms with Gasteiger partial charge in [-0.25, -0.2) is 0 Å². The van der Waals surface area contributed by atoms with Gasteiger partial charge in [-0.2, -0.15) is 21.0 Å². The summed E-state index contributed by atoms with van der Waals surface area (Å²) in [6, 6.07) is 7.47. The fourth-order valence-electron chi connectivity index (χ4n) is 3.21. The Bertz CT molecular complexity index is 1240. The van der Waals surface area contributed by atoms with Crippen LogP contribution < -0.4 is 0 Å². The van der Waals surface area contributed by atoms with E-state index in [4.69, 9.17) is 0 Å². The zero-order valence-electron chi connectivity index (χ0n) is 19.6. The van der Waals surface area contributed by atoms with Gasteiger partial charge in [0.05, 0.1) is 4.24 Å². The summed E-state index contributed by atoms with van der Waals surface area (Å²) in [5, 5.41) is 38.7. The summed E-state index contributed by atoms with van der Waals surface area (Å²) in [6.07, 6.45) is 5.50. The molecule has 1 aliphatic rings. The zero-order chi connectivity index (χ0) is 26.0. The van der Waals surface area contributed by atoms with Crippen molar-refractivity contribution in [2.45, 2.75) is 72.0 Å². The number of nitriles is 4. The standard InChI is InChI=1S/C25H22N4O2S4/c1-4-6-8-17(30)19-21(32-3)22(33-14-15(10-26)11-27)20(18(31)9-7-5-2)24-23(19)34-25(35-24)16(12-28)13-29/h14H,4-9H2,1-3H3. The number of hydrogen-bond acceptors (Lipinski definition) is 10. The Hall–Kier alpha value is -2.60. The lowest BCUT2D eigenvalue weighted by atomic mass is 9.99. The van der Waals surface area contributed by atoms with Gasteiger partial charge in [-0.1, -0.05) is 62.0 Å². The van der Waals surface area contributed by atoms with Crippen LogP contribution in [0.3, 0.4) is 0 Å².